The van der Waals surface area contributed by atoms with Crippen molar-refractivity contribution < 1.29 is 18.9 Å². The summed E-state index contributed by atoms with van der Waals surface area (Å²) in [5.74, 6) is 5.62. The molecule has 0 aliphatic carbocycles. The summed E-state index contributed by atoms with van der Waals surface area (Å²) in [6.07, 6.45) is 10.5. The molecule has 17 heteroatoms. The highest BCUT2D eigenvalue weighted by Gasteiger charge is 2.13. The third-order valence-corrected chi connectivity index (χ3v) is 8.88. The average Bonchev–Trinajstić information content (AvgIpc) is 3.90. The SMILES string of the molecule is CNc1cc(C)nc(Cl)n1.CNc1cc(C)nc(Nc2cc(OCCCN3CCCC3)c(OC)cn2)n1.COc1cnc(N)cc1OCCCN1CCCC1. The molecule has 300 valence electrons. The number of nitrogens with zero attached hydrogens (tertiary/aromatic N) is 8. The smallest absolute Gasteiger partial charge is 0.230 e. The summed E-state index contributed by atoms with van der Waals surface area (Å²) in [5.41, 5.74) is 7.36. The summed E-state index contributed by atoms with van der Waals surface area (Å²) in [4.78, 5) is 29.8. The number of nitrogens with one attached hydrogen (secondary N) is 3. The van der Waals surface area contributed by atoms with Crippen molar-refractivity contribution in [2.24, 2.45) is 0 Å². The first-order valence-electron chi connectivity index (χ1n) is 18.7. The van der Waals surface area contributed by atoms with Gasteiger partial charge in [0.15, 0.2) is 23.0 Å². The molecule has 0 spiro atoms. The van der Waals surface area contributed by atoms with Crippen LogP contribution in [0, 0.1) is 13.8 Å². The van der Waals surface area contributed by atoms with E-state index in [9.17, 15) is 0 Å². The zero-order valence-corrected chi connectivity index (χ0v) is 33.8. The van der Waals surface area contributed by atoms with Gasteiger partial charge in [0.25, 0.3) is 0 Å². The normalized spacial score (nSPS) is 13.9. The number of aryl methyl sites for hydroxylation is 2. The molecule has 55 heavy (non-hydrogen) atoms. The molecule has 6 rings (SSSR count). The van der Waals surface area contributed by atoms with Crippen LogP contribution in [0.15, 0.2) is 36.7 Å². The second kappa shape index (κ2) is 23.1. The van der Waals surface area contributed by atoms with Crippen molar-refractivity contribution in [3.05, 3.63) is 53.3 Å². The Balaban J connectivity index is 0.000000205. The van der Waals surface area contributed by atoms with Gasteiger partial charge in [-0.15, -0.1) is 0 Å². The minimum absolute atomic E-state index is 0.282. The molecule has 2 fully saturated rings. The van der Waals surface area contributed by atoms with E-state index in [2.05, 4.69) is 55.7 Å². The Labute approximate surface area is 329 Å². The number of aromatic nitrogens is 6. The van der Waals surface area contributed by atoms with Crippen LogP contribution in [0.2, 0.25) is 5.28 Å². The molecule has 2 saturated heterocycles. The van der Waals surface area contributed by atoms with E-state index in [0.717, 1.165) is 49.0 Å². The molecular formula is C38H57ClN12O4. The van der Waals surface area contributed by atoms with Gasteiger partial charge in [0.2, 0.25) is 11.2 Å². The predicted octanol–water partition coefficient (Wildman–Crippen LogP) is 5.86. The lowest BCUT2D eigenvalue weighted by molar-refractivity contribution is 0.254. The van der Waals surface area contributed by atoms with E-state index >= 15 is 0 Å². The average molecular weight is 781 g/mol. The number of anilines is 5. The van der Waals surface area contributed by atoms with Crippen LogP contribution in [0.5, 0.6) is 23.0 Å². The predicted molar refractivity (Wildman–Crippen MR) is 218 cm³/mol. The summed E-state index contributed by atoms with van der Waals surface area (Å²) in [6.45, 7) is 12.1. The molecule has 16 nitrogen and oxygen atoms in total. The summed E-state index contributed by atoms with van der Waals surface area (Å²) in [5, 5.41) is 9.30. The quantitative estimate of drug-likeness (QED) is 0.0783. The number of hydrogen-bond donors (Lipinski definition) is 4. The lowest BCUT2D eigenvalue weighted by Gasteiger charge is -2.16. The number of pyridine rings is 2. The molecule has 0 bridgehead atoms. The maximum absolute atomic E-state index is 5.95. The van der Waals surface area contributed by atoms with Crippen LogP contribution in [0.3, 0.4) is 0 Å². The van der Waals surface area contributed by atoms with Crippen molar-refractivity contribution >= 4 is 40.8 Å². The fourth-order valence-electron chi connectivity index (χ4n) is 5.94. The van der Waals surface area contributed by atoms with Gasteiger partial charge in [-0.2, -0.15) is 4.98 Å². The molecule has 2 aliphatic rings. The number of likely N-dealkylation sites (tertiary alicyclic amines) is 2. The first kappa shape index (κ1) is 42.8. The van der Waals surface area contributed by atoms with Gasteiger partial charge in [-0.25, -0.2) is 24.9 Å². The van der Waals surface area contributed by atoms with Crippen LogP contribution in [0.4, 0.5) is 29.2 Å². The highest BCUT2D eigenvalue weighted by atomic mass is 35.5. The van der Waals surface area contributed by atoms with E-state index in [4.69, 9.17) is 36.3 Å². The molecule has 0 amide bonds. The molecule has 0 aromatic carbocycles. The van der Waals surface area contributed by atoms with Gasteiger partial charge < -0.3 is 50.4 Å². The van der Waals surface area contributed by atoms with Gasteiger partial charge >= 0.3 is 0 Å². The van der Waals surface area contributed by atoms with Crippen LogP contribution in [-0.4, -0.2) is 121 Å². The van der Waals surface area contributed by atoms with E-state index < -0.39 is 0 Å². The van der Waals surface area contributed by atoms with Gasteiger partial charge in [0.05, 0.1) is 39.8 Å². The Morgan fingerprint density at radius 1 is 0.655 bits per heavy atom. The third kappa shape index (κ3) is 15.0. The second-order valence-electron chi connectivity index (χ2n) is 13.0. The Morgan fingerprint density at radius 3 is 1.69 bits per heavy atom. The van der Waals surface area contributed by atoms with Crippen LogP contribution >= 0.6 is 11.6 Å². The number of halogens is 1. The molecule has 0 atom stereocenters. The van der Waals surface area contributed by atoms with Crippen LogP contribution in [-0.2, 0) is 0 Å². The Kier molecular flexibility index (Phi) is 18.0. The highest BCUT2D eigenvalue weighted by molar-refractivity contribution is 6.28. The van der Waals surface area contributed by atoms with Crippen LogP contribution < -0.4 is 40.6 Å². The van der Waals surface area contributed by atoms with E-state index in [0.29, 0.717) is 53.8 Å². The Bertz CT molecular complexity index is 1720. The topological polar surface area (TPSA) is 183 Å². The van der Waals surface area contributed by atoms with Crippen molar-refractivity contribution in [3.63, 3.8) is 0 Å². The number of nitrogens with two attached hydrogens (primary N) is 1. The fourth-order valence-corrected chi connectivity index (χ4v) is 6.17. The molecular weight excluding hydrogens is 724 g/mol. The molecule has 5 N–H and O–H groups in total. The number of ether oxygens (including phenoxy) is 4. The maximum Gasteiger partial charge on any atom is 0.230 e. The van der Waals surface area contributed by atoms with E-state index in [-0.39, 0.29) is 5.28 Å². The van der Waals surface area contributed by atoms with Crippen molar-refractivity contribution in [1.29, 1.82) is 0 Å². The van der Waals surface area contributed by atoms with Crippen molar-refractivity contribution in [2.45, 2.75) is 52.4 Å². The number of rotatable bonds is 16. The number of hydrogen-bond acceptors (Lipinski definition) is 16. The minimum Gasteiger partial charge on any atom is -0.491 e. The summed E-state index contributed by atoms with van der Waals surface area (Å²) < 4.78 is 22.2. The zero-order chi connectivity index (χ0) is 39.4. The minimum atomic E-state index is 0.282. The summed E-state index contributed by atoms with van der Waals surface area (Å²) >= 11 is 5.57. The van der Waals surface area contributed by atoms with Gasteiger partial charge in [-0.05, 0) is 90.2 Å². The molecule has 4 aromatic heterocycles. The number of nitrogen functional groups attached to an aromatic ring is 1. The van der Waals surface area contributed by atoms with Gasteiger partial charge in [0.1, 0.15) is 23.3 Å². The first-order valence-corrected chi connectivity index (χ1v) is 19.1. The molecule has 2 aliphatic heterocycles. The first-order chi connectivity index (χ1) is 26.7. The fraction of sp³-hybridized carbons (Fsp3) is 0.526. The monoisotopic (exact) mass is 780 g/mol. The largest absolute Gasteiger partial charge is 0.491 e. The van der Waals surface area contributed by atoms with Gasteiger partial charge in [-0.3, -0.25) is 0 Å². The molecule has 0 radical (unpaired) electrons. The van der Waals surface area contributed by atoms with E-state index in [1.165, 1.54) is 51.9 Å². The molecule has 6 heterocycles. The van der Waals surface area contributed by atoms with Crippen molar-refractivity contribution in [2.75, 3.05) is 102 Å². The van der Waals surface area contributed by atoms with Crippen LogP contribution in [0.1, 0.15) is 49.9 Å². The maximum atomic E-state index is 5.95. The third-order valence-electron chi connectivity index (χ3n) is 8.71. The zero-order valence-electron chi connectivity index (χ0n) is 33.0. The molecule has 4 aromatic rings. The highest BCUT2D eigenvalue weighted by Crippen LogP contribution is 2.30. The lowest BCUT2D eigenvalue weighted by atomic mass is 10.3. The molecule has 0 unspecified atom stereocenters. The van der Waals surface area contributed by atoms with Crippen LogP contribution in [0.25, 0.3) is 0 Å². The van der Waals surface area contributed by atoms with Gasteiger partial charge in [0, 0.05) is 62.8 Å². The Hall–Kier alpha value is -4.93. The standard InChI is InChI=1S/C19H28N6O2.C13H21N3O2.C6H8ClN3/c1-14-11-17(20-2)23-19(22-14)24-18-12-15(16(26-3)13-21-18)27-10-6-9-25-7-4-5-8-25;1-17-12-10-15-13(14)9-11(12)18-8-4-7-16-5-2-3-6-16;1-4-3-5(8-2)10-6(7)9-4/h11-13H,4-10H2,1-3H3,(H2,20,21,22,23,24);9-10H,2-8H2,1H3,(H2,14,15);3H,1-2H3,(H,8,9,10). The second-order valence-corrected chi connectivity index (χ2v) is 13.3. The summed E-state index contributed by atoms with van der Waals surface area (Å²) in [7, 11) is 6.83. The van der Waals surface area contributed by atoms with E-state index in [1.54, 1.807) is 39.7 Å². The van der Waals surface area contributed by atoms with Crippen molar-refractivity contribution in [1.82, 2.24) is 39.7 Å². The van der Waals surface area contributed by atoms with Gasteiger partial charge in [-0.1, -0.05) is 0 Å². The number of methoxy groups -OCH3 is 2. The van der Waals surface area contributed by atoms with Crippen molar-refractivity contribution in [3.8, 4) is 23.0 Å². The molecule has 0 saturated carbocycles. The summed E-state index contributed by atoms with van der Waals surface area (Å²) in [6, 6.07) is 7.22. The van der Waals surface area contributed by atoms with E-state index in [1.807, 2.05) is 39.1 Å². The lowest BCUT2D eigenvalue weighted by Crippen LogP contribution is -2.22. The Morgan fingerprint density at radius 2 is 1.16 bits per heavy atom.